The molecular weight excluding hydrogens is 296 g/mol. The number of aromatic hydroxyl groups is 1. The Morgan fingerprint density at radius 2 is 1.78 bits per heavy atom. The zero-order valence-electron chi connectivity index (χ0n) is 14.2. The van der Waals surface area contributed by atoms with Gasteiger partial charge in [0.25, 0.3) is 5.56 Å². The molecule has 0 aliphatic carbocycles. The summed E-state index contributed by atoms with van der Waals surface area (Å²) in [5, 5.41) is 10.2. The van der Waals surface area contributed by atoms with Crippen LogP contribution in [0.5, 0.6) is 5.88 Å². The first-order chi connectivity index (χ1) is 11.0. The first-order valence-corrected chi connectivity index (χ1v) is 8.22. The van der Waals surface area contributed by atoms with E-state index in [2.05, 4.69) is 9.89 Å². The Morgan fingerprint density at radius 1 is 1.13 bits per heavy atom. The Labute approximate surface area is 135 Å². The van der Waals surface area contributed by atoms with E-state index < -0.39 is 11.2 Å². The second kappa shape index (κ2) is 7.59. The highest BCUT2D eigenvalue weighted by Gasteiger charge is 2.19. The van der Waals surface area contributed by atoms with Crippen LogP contribution in [-0.2, 0) is 14.1 Å². The van der Waals surface area contributed by atoms with Crippen molar-refractivity contribution in [1.29, 1.82) is 0 Å². The highest BCUT2D eigenvalue weighted by Crippen LogP contribution is 2.13. The molecule has 2 heterocycles. The van der Waals surface area contributed by atoms with Gasteiger partial charge in [0.15, 0.2) is 0 Å². The van der Waals surface area contributed by atoms with Gasteiger partial charge in [0, 0.05) is 20.6 Å². The number of hydrogen-bond acceptors (Lipinski definition) is 5. The molecule has 1 N–H and O–H groups in total. The average Bonchev–Trinajstić information content (AvgIpc) is 2.58. The summed E-state index contributed by atoms with van der Waals surface area (Å²) >= 11 is 0. The summed E-state index contributed by atoms with van der Waals surface area (Å²) in [4.78, 5) is 31.0. The Balaban J connectivity index is 2.25. The van der Waals surface area contributed by atoms with Crippen molar-refractivity contribution in [2.75, 3.05) is 26.2 Å². The normalized spacial score (nSPS) is 16.7. The first-order valence-electron chi connectivity index (χ1n) is 8.22. The fraction of sp³-hybridized carbons (Fsp3) is 0.688. The van der Waals surface area contributed by atoms with Gasteiger partial charge >= 0.3 is 5.69 Å². The van der Waals surface area contributed by atoms with E-state index in [9.17, 15) is 14.7 Å². The van der Waals surface area contributed by atoms with Gasteiger partial charge in [0.2, 0.25) is 5.88 Å². The maximum Gasteiger partial charge on any atom is 0.333 e. The molecule has 0 amide bonds. The third-order valence-corrected chi connectivity index (χ3v) is 4.42. The minimum absolute atomic E-state index is 0.135. The lowest BCUT2D eigenvalue weighted by Crippen LogP contribution is -2.40. The maximum absolute atomic E-state index is 12.3. The number of piperidine rings is 1. The van der Waals surface area contributed by atoms with Crippen LogP contribution < -0.4 is 11.2 Å². The molecule has 0 atom stereocenters. The number of hydrogen-bond donors (Lipinski definition) is 1. The predicted octanol–water partition coefficient (Wildman–Crippen LogP) is 0.475. The van der Waals surface area contributed by atoms with Crippen LogP contribution in [-0.4, -0.2) is 51.0 Å². The van der Waals surface area contributed by atoms with Crippen LogP contribution in [0.2, 0.25) is 0 Å². The number of aromatic nitrogens is 2. The minimum atomic E-state index is -0.542. The van der Waals surface area contributed by atoms with Gasteiger partial charge in [-0.25, -0.2) is 4.79 Å². The summed E-state index contributed by atoms with van der Waals surface area (Å²) in [5.74, 6) is -0.309. The van der Waals surface area contributed by atoms with Crippen LogP contribution in [0, 0.1) is 0 Å². The van der Waals surface area contributed by atoms with Crippen molar-refractivity contribution >= 4 is 5.71 Å². The Hall–Kier alpha value is -1.89. The lowest BCUT2D eigenvalue weighted by atomic mass is 10.1. The first kappa shape index (κ1) is 17.5. The molecule has 7 heteroatoms. The smallest absolute Gasteiger partial charge is 0.333 e. The molecule has 2 rings (SSSR count). The lowest BCUT2D eigenvalue weighted by Gasteiger charge is -2.25. The fourth-order valence-electron chi connectivity index (χ4n) is 2.96. The number of aliphatic imine (C=N–C) groups is 1. The van der Waals surface area contributed by atoms with E-state index in [4.69, 9.17) is 0 Å². The lowest BCUT2D eigenvalue weighted by molar-refractivity contribution is 0.235. The topological polar surface area (TPSA) is 79.8 Å². The molecule has 23 heavy (non-hydrogen) atoms. The predicted molar refractivity (Wildman–Crippen MR) is 90.6 cm³/mol. The molecule has 0 radical (unpaired) electrons. The van der Waals surface area contributed by atoms with Gasteiger partial charge in [-0.05, 0) is 32.4 Å². The summed E-state index contributed by atoms with van der Waals surface area (Å²) < 4.78 is 2.08. The summed E-state index contributed by atoms with van der Waals surface area (Å²) in [5.41, 5.74) is -0.351. The van der Waals surface area contributed by atoms with Crippen molar-refractivity contribution in [3.63, 3.8) is 0 Å². The van der Waals surface area contributed by atoms with Crippen LogP contribution in [0.3, 0.4) is 0 Å². The SMILES string of the molecule is CCC(=NCCN1CCCCC1)c1c(O)n(C)c(=O)n(C)c1=O. The molecule has 1 aromatic rings. The maximum atomic E-state index is 12.3. The van der Waals surface area contributed by atoms with Crippen molar-refractivity contribution < 1.29 is 5.11 Å². The Morgan fingerprint density at radius 3 is 2.39 bits per heavy atom. The summed E-state index contributed by atoms with van der Waals surface area (Å²) in [6, 6.07) is 0. The molecule has 0 unspecified atom stereocenters. The van der Waals surface area contributed by atoms with E-state index in [1.165, 1.54) is 33.4 Å². The van der Waals surface area contributed by atoms with Crippen molar-refractivity contribution in [2.24, 2.45) is 19.1 Å². The summed E-state index contributed by atoms with van der Waals surface area (Å²) in [6.07, 6.45) is 4.28. The molecule has 1 aliphatic rings. The quantitative estimate of drug-likeness (QED) is 0.800. The van der Waals surface area contributed by atoms with E-state index in [0.29, 0.717) is 18.7 Å². The van der Waals surface area contributed by atoms with Gasteiger partial charge in [-0.3, -0.25) is 18.9 Å². The van der Waals surface area contributed by atoms with Gasteiger partial charge < -0.3 is 10.0 Å². The third-order valence-electron chi connectivity index (χ3n) is 4.42. The second-order valence-electron chi connectivity index (χ2n) is 5.99. The van der Waals surface area contributed by atoms with Crippen molar-refractivity contribution in [1.82, 2.24) is 14.0 Å². The second-order valence-corrected chi connectivity index (χ2v) is 5.99. The summed E-state index contributed by atoms with van der Waals surface area (Å²) in [6.45, 7) is 5.54. The van der Waals surface area contributed by atoms with Crippen LogP contribution in [0.4, 0.5) is 0 Å². The van der Waals surface area contributed by atoms with Crippen LogP contribution in [0.1, 0.15) is 38.2 Å². The molecule has 0 aromatic carbocycles. The van der Waals surface area contributed by atoms with Gasteiger partial charge in [-0.2, -0.15) is 0 Å². The van der Waals surface area contributed by atoms with E-state index in [1.54, 1.807) is 0 Å². The van der Waals surface area contributed by atoms with E-state index in [-0.39, 0.29) is 11.4 Å². The van der Waals surface area contributed by atoms with Crippen LogP contribution in [0.25, 0.3) is 0 Å². The molecule has 1 saturated heterocycles. The molecular formula is C16H26N4O3. The monoisotopic (exact) mass is 322 g/mol. The third kappa shape index (κ3) is 3.72. The number of nitrogens with zero attached hydrogens (tertiary/aromatic N) is 4. The van der Waals surface area contributed by atoms with Gasteiger partial charge in [-0.15, -0.1) is 0 Å². The van der Waals surface area contributed by atoms with Gasteiger partial charge in [0.1, 0.15) is 5.56 Å². The minimum Gasteiger partial charge on any atom is -0.494 e. The van der Waals surface area contributed by atoms with E-state index >= 15 is 0 Å². The van der Waals surface area contributed by atoms with E-state index in [1.807, 2.05) is 6.92 Å². The highest BCUT2D eigenvalue weighted by atomic mass is 16.3. The van der Waals surface area contributed by atoms with E-state index in [0.717, 1.165) is 28.8 Å². The molecule has 0 bridgehead atoms. The molecule has 0 spiro atoms. The zero-order chi connectivity index (χ0) is 17.0. The average molecular weight is 322 g/mol. The Kier molecular flexibility index (Phi) is 5.76. The van der Waals surface area contributed by atoms with Crippen molar-refractivity contribution in [2.45, 2.75) is 32.6 Å². The van der Waals surface area contributed by atoms with Gasteiger partial charge in [-0.1, -0.05) is 13.3 Å². The van der Waals surface area contributed by atoms with Crippen LogP contribution in [0.15, 0.2) is 14.6 Å². The number of likely N-dealkylation sites (tertiary alicyclic amines) is 1. The summed E-state index contributed by atoms with van der Waals surface area (Å²) in [7, 11) is 2.86. The highest BCUT2D eigenvalue weighted by molar-refractivity contribution is 6.01. The molecule has 0 saturated carbocycles. The molecule has 128 valence electrons. The zero-order valence-corrected chi connectivity index (χ0v) is 14.2. The molecule has 1 aromatic heterocycles. The molecule has 7 nitrogen and oxygen atoms in total. The van der Waals surface area contributed by atoms with Crippen molar-refractivity contribution in [3.05, 3.63) is 26.4 Å². The molecule has 1 aliphatic heterocycles. The molecule has 1 fully saturated rings. The standard InChI is InChI=1S/C16H26N4O3/c1-4-12(17-8-11-20-9-6-5-7-10-20)13-14(21)18(2)16(23)19(3)15(13)22/h21H,4-11H2,1-3H3. The number of rotatable bonds is 5. The Bertz CT molecular complexity index is 697. The van der Waals surface area contributed by atoms with Crippen molar-refractivity contribution in [3.8, 4) is 5.88 Å². The fourth-order valence-corrected chi connectivity index (χ4v) is 2.96. The largest absolute Gasteiger partial charge is 0.494 e. The van der Waals surface area contributed by atoms with Crippen LogP contribution >= 0.6 is 0 Å². The van der Waals surface area contributed by atoms with Gasteiger partial charge in [0.05, 0.1) is 12.3 Å².